The fourth-order valence-corrected chi connectivity index (χ4v) is 3.40. The van der Waals surface area contributed by atoms with Gasteiger partial charge >= 0.3 is 0 Å². The van der Waals surface area contributed by atoms with Gasteiger partial charge in [0.25, 0.3) is 0 Å². The number of benzene rings is 2. The number of nitrogens with two attached hydrogens (primary N) is 1. The standard InChI is InChI=1S/C18H15ClN6O2S/c1-26-14-7-3-4-11(9-14)16-21-15(27-24-16)10-28-18-23-22-17(25(18)20)12-5-2-6-13(19)8-12/h2-9H,10,20H2,1H3. The van der Waals surface area contributed by atoms with E-state index in [0.717, 1.165) is 16.9 Å². The van der Waals surface area contributed by atoms with Gasteiger partial charge in [-0.1, -0.05) is 52.8 Å². The van der Waals surface area contributed by atoms with Crippen LogP contribution in [-0.4, -0.2) is 32.1 Å². The van der Waals surface area contributed by atoms with Gasteiger partial charge in [-0.15, -0.1) is 10.2 Å². The minimum atomic E-state index is 0.405. The summed E-state index contributed by atoms with van der Waals surface area (Å²) in [7, 11) is 1.61. The molecule has 0 unspecified atom stereocenters. The molecule has 0 atom stereocenters. The van der Waals surface area contributed by atoms with Crippen LogP contribution in [0.3, 0.4) is 0 Å². The largest absolute Gasteiger partial charge is 0.497 e. The first-order valence-corrected chi connectivity index (χ1v) is 9.56. The zero-order chi connectivity index (χ0) is 19.5. The highest BCUT2D eigenvalue weighted by atomic mass is 35.5. The van der Waals surface area contributed by atoms with Crippen LogP contribution in [0.25, 0.3) is 22.8 Å². The van der Waals surface area contributed by atoms with Crippen LogP contribution in [0.1, 0.15) is 5.89 Å². The summed E-state index contributed by atoms with van der Waals surface area (Å²) in [5.74, 6) is 8.72. The third-order valence-electron chi connectivity index (χ3n) is 3.87. The molecule has 0 spiro atoms. The molecule has 0 aliphatic heterocycles. The molecule has 2 aromatic carbocycles. The lowest BCUT2D eigenvalue weighted by Gasteiger charge is -2.03. The van der Waals surface area contributed by atoms with E-state index in [2.05, 4.69) is 20.3 Å². The van der Waals surface area contributed by atoms with Gasteiger partial charge in [0.15, 0.2) is 5.82 Å². The van der Waals surface area contributed by atoms with Gasteiger partial charge in [-0.3, -0.25) is 0 Å². The monoisotopic (exact) mass is 414 g/mol. The van der Waals surface area contributed by atoms with Crippen molar-refractivity contribution in [2.45, 2.75) is 10.9 Å². The van der Waals surface area contributed by atoms with Gasteiger partial charge < -0.3 is 15.1 Å². The Balaban J connectivity index is 1.48. The van der Waals surface area contributed by atoms with Crippen molar-refractivity contribution in [3.63, 3.8) is 0 Å². The van der Waals surface area contributed by atoms with Crippen molar-refractivity contribution < 1.29 is 9.26 Å². The molecule has 4 aromatic rings. The second-order valence-electron chi connectivity index (χ2n) is 5.72. The molecule has 0 saturated heterocycles. The van der Waals surface area contributed by atoms with Crippen LogP contribution in [0, 0.1) is 0 Å². The van der Waals surface area contributed by atoms with Gasteiger partial charge in [-0.25, -0.2) is 4.68 Å². The molecule has 2 aromatic heterocycles. The van der Waals surface area contributed by atoms with Crippen LogP contribution >= 0.6 is 23.4 Å². The number of ether oxygens (including phenoxy) is 1. The Morgan fingerprint density at radius 2 is 1.96 bits per heavy atom. The average Bonchev–Trinajstić information content (AvgIpc) is 3.33. The number of thioether (sulfide) groups is 1. The van der Waals surface area contributed by atoms with Crippen LogP contribution in [0.5, 0.6) is 5.75 Å². The summed E-state index contributed by atoms with van der Waals surface area (Å²) in [6, 6.07) is 14.7. The number of methoxy groups -OCH3 is 1. The number of nitrogen functional groups attached to an aromatic ring is 1. The lowest BCUT2D eigenvalue weighted by Crippen LogP contribution is -2.11. The Labute approximate surface area is 169 Å². The quantitative estimate of drug-likeness (QED) is 0.376. The first-order chi connectivity index (χ1) is 13.6. The summed E-state index contributed by atoms with van der Waals surface area (Å²) >= 11 is 7.37. The first kappa shape index (κ1) is 18.3. The smallest absolute Gasteiger partial charge is 0.237 e. The minimum Gasteiger partial charge on any atom is -0.497 e. The van der Waals surface area contributed by atoms with E-state index >= 15 is 0 Å². The highest BCUT2D eigenvalue weighted by molar-refractivity contribution is 7.98. The van der Waals surface area contributed by atoms with Crippen molar-refractivity contribution in [2.24, 2.45) is 0 Å². The molecule has 0 amide bonds. The molecule has 2 N–H and O–H groups in total. The fraction of sp³-hybridized carbons (Fsp3) is 0.111. The molecule has 142 valence electrons. The molecule has 0 aliphatic carbocycles. The predicted molar refractivity (Wildman–Crippen MR) is 106 cm³/mol. The lowest BCUT2D eigenvalue weighted by atomic mass is 10.2. The summed E-state index contributed by atoms with van der Waals surface area (Å²) in [5, 5.41) is 13.4. The molecule has 28 heavy (non-hydrogen) atoms. The van der Waals surface area contributed by atoms with E-state index < -0.39 is 0 Å². The van der Waals surface area contributed by atoms with Crippen LogP contribution < -0.4 is 10.6 Å². The zero-order valence-electron chi connectivity index (χ0n) is 14.7. The summed E-state index contributed by atoms with van der Waals surface area (Å²) in [5.41, 5.74) is 1.59. The predicted octanol–water partition coefficient (Wildman–Crippen LogP) is 3.66. The number of nitrogens with zero attached hydrogens (tertiary/aromatic N) is 5. The average molecular weight is 415 g/mol. The van der Waals surface area contributed by atoms with E-state index in [1.54, 1.807) is 19.2 Å². The summed E-state index contributed by atoms with van der Waals surface area (Å²) in [6.07, 6.45) is 0. The Kier molecular flexibility index (Phi) is 5.18. The van der Waals surface area contributed by atoms with Crippen molar-refractivity contribution in [1.29, 1.82) is 0 Å². The van der Waals surface area contributed by atoms with E-state index in [0.29, 0.717) is 33.5 Å². The van der Waals surface area contributed by atoms with E-state index in [4.69, 9.17) is 26.7 Å². The number of hydrogen-bond donors (Lipinski definition) is 1. The lowest BCUT2D eigenvalue weighted by molar-refractivity contribution is 0.391. The highest BCUT2D eigenvalue weighted by Crippen LogP contribution is 2.27. The molecule has 0 aliphatic rings. The van der Waals surface area contributed by atoms with Crippen LogP contribution in [0.15, 0.2) is 58.2 Å². The van der Waals surface area contributed by atoms with Crippen LogP contribution in [0.2, 0.25) is 5.02 Å². The molecule has 2 heterocycles. The number of hydrogen-bond acceptors (Lipinski definition) is 8. The highest BCUT2D eigenvalue weighted by Gasteiger charge is 2.15. The summed E-state index contributed by atoms with van der Waals surface area (Å²) in [4.78, 5) is 4.41. The van der Waals surface area contributed by atoms with E-state index in [1.807, 2.05) is 36.4 Å². The van der Waals surface area contributed by atoms with Gasteiger partial charge in [-0.2, -0.15) is 4.98 Å². The summed E-state index contributed by atoms with van der Waals surface area (Å²) in [6.45, 7) is 0. The molecule has 8 nitrogen and oxygen atoms in total. The Hall–Kier alpha value is -3.04. The molecule has 0 saturated carbocycles. The zero-order valence-corrected chi connectivity index (χ0v) is 16.3. The number of halogens is 1. The molecule has 0 fully saturated rings. The van der Waals surface area contributed by atoms with E-state index in [9.17, 15) is 0 Å². The van der Waals surface area contributed by atoms with Crippen molar-refractivity contribution in [1.82, 2.24) is 25.0 Å². The van der Waals surface area contributed by atoms with Crippen molar-refractivity contribution in [3.8, 4) is 28.5 Å². The molecule has 0 radical (unpaired) electrons. The second kappa shape index (κ2) is 7.91. The maximum absolute atomic E-state index is 6.13. The number of aromatic nitrogens is 5. The maximum Gasteiger partial charge on any atom is 0.237 e. The maximum atomic E-state index is 6.13. The Bertz CT molecular complexity index is 1110. The first-order valence-electron chi connectivity index (χ1n) is 8.20. The van der Waals surface area contributed by atoms with Crippen molar-refractivity contribution in [2.75, 3.05) is 13.0 Å². The molecule has 0 bridgehead atoms. The Morgan fingerprint density at radius 1 is 1.14 bits per heavy atom. The van der Waals surface area contributed by atoms with Gasteiger partial charge in [0.05, 0.1) is 12.9 Å². The van der Waals surface area contributed by atoms with E-state index in [-0.39, 0.29) is 0 Å². The van der Waals surface area contributed by atoms with Gasteiger partial charge in [0.2, 0.25) is 16.9 Å². The SMILES string of the molecule is COc1cccc(-c2noc(CSc3nnc(-c4cccc(Cl)c4)n3N)n2)c1. The third kappa shape index (κ3) is 3.80. The van der Waals surface area contributed by atoms with Gasteiger partial charge in [0.1, 0.15) is 5.75 Å². The summed E-state index contributed by atoms with van der Waals surface area (Å²) < 4.78 is 12.0. The topological polar surface area (TPSA) is 105 Å². The normalized spacial score (nSPS) is 10.9. The third-order valence-corrected chi connectivity index (χ3v) is 5.03. The fourth-order valence-electron chi connectivity index (χ4n) is 2.52. The van der Waals surface area contributed by atoms with Gasteiger partial charge in [-0.05, 0) is 24.3 Å². The minimum absolute atomic E-state index is 0.405. The molecular weight excluding hydrogens is 400 g/mol. The molecular formula is C18H15ClN6O2S. The van der Waals surface area contributed by atoms with Crippen molar-refractivity contribution in [3.05, 3.63) is 59.4 Å². The van der Waals surface area contributed by atoms with Crippen LogP contribution in [-0.2, 0) is 5.75 Å². The Morgan fingerprint density at radius 3 is 2.79 bits per heavy atom. The molecule has 10 heteroatoms. The second-order valence-corrected chi connectivity index (χ2v) is 7.10. The van der Waals surface area contributed by atoms with Crippen molar-refractivity contribution >= 4 is 23.4 Å². The molecule has 4 rings (SSSR count). The van der Waals surface area contributed by atoms with Crippen LogP contribution in [0.4, 0.5) is 0 Å². The number of rotatable bonds is 6. The van der Waals surface area contributed by atoms with Gasteiger partial charge in [0, 0.05) is 16.1 Å². The van der Waals surface area contributed by atoms with E-state index in [1.165, 1.54) is 16.4 Å².